The SMILES string of the molecule is Cn1ccnc1SCc1ccccc1/C=C/C(=O)O. The van der Waals surface area contributed by atoms with Gasteiger partial charge in [0.2, 0.25) is 0 Å². The number of hydrogen-bond donors (Lipinski definition) is 1. The first-order valence-electron chi connectivity index (χ1n) is 5.76. The van der Waals surface area contributed by atoms with E-state index in [-0.39, 0.29) is 0 Å². The van der Waals surface area contributed by atoms with Crippen molar-refractivity contribution in [2.45, 2.75) is 10.9 Å². The monoisotopic (exact) mass is 274 g/mol. The molecule has 0 atom stereocenters. The molecule has 0 amide bonds. The Labute approximate surface area is 115 Å². The van der Waals surface area contributed by atoms with E-state index >= 15 is 0 Å². The second kappa shape index (κ2) is 6.24. The van der Waals surface area contributed by atoms with Crippen LogP contribution in [0.4, 0.5) is 0 Å². The van der Waals surface area contributed by atoms with Gasteiger partial charge in [-0.3, -0.25) is 0 Å². The van der Waals surface area contributed by atoms with E-state index in [1.54, 1.807) is 24.0 Å². The van der Waals surface area contributed by atoms with Crippen LogP contribution in [0.1, 0.15) is 11.1 Å². The lowest BCUT2D eigenvalue weighted by molar-refractivity contribution is -0.131. The molecule has 0 unspecified atom stereocenters. The molecule has 2 aromatic rings. The number of carbonyl (C=O) groups is 1. The summed E-state index contributed by atoms with van der Waals surface area (Å²) in [6.07, 6.45) is 6.44. The molecule has 2 rings (SSSR count). The molecule has 0 aliphatic heterocycles. The minimum absolute atomic E-state index is 0.755. The minimum atomic E-state index is -0.938. The summed E-state index contributed by atoms with van der Waals surface area (Å²) in [6, 6.07) is 7.76. The zero-order chi connectivity index (χ0) is 13.7. The Morgan fingerprint density at radius 3 is 2.95 bits per heavy atom. The number of aliphatic carboxylic acids is 1. The molecular formula is C14H14N2O2S. The molecule has 19 heavy (non-hydrogen) atoms. The van der Waals surface area contributed by atoms with E-state index in [0.29, 0.717) is 0 Å². The molecule has 5 heteroatoms. The number of imidazole rings is 1. The van der Waals surface area contributed by atoms with Gasteiger partial charge >= 0.3 is 5.97 Å². The molecule has 0 saturated heterocycles. The molecule has 4 nitrogen and oxygen atoms in total. The number of rotatable bonds is 5. The van der Waals surface area contributed by atoms with E-state index in [0.717, 1.165) is 28.1 Å². The Bertz CT molecular complexity index is 605. The molecule has 0 saturated carbocycles. The van der Waals surface area contributed by atoms with Gasteiger partial charge < -0.3 is 9.67 Å². The molecule has 1 aromatic carbocycles. The number of nitrogens with zero attached hydrogens (tertiary/aromatic N) is 2. The number of thioether (sulfide) groups is 1. The second-order valence-electron chi connectivity index (χ2n) is 3.98. The molecule has 0 spiro atoms. The van der Waals surface area contributed by atoms with Crippen molar-refractivity contribution >= 4 is 23.8 Å². The number of aromatic nitrogens is 2. The maximum absolute atomic E-state index is 10.6. The van der Waals surface area contributed by atoms with E-state index in [1.165, 1.54) is 0 Å². The molecule has 0 aliphatic carbocycles. The third-order valence-corrected chi connectivity index (χ3v) is 3.70. The van der Waals surface area contributed by atoms with E-state index in [2.05, 4.69) is 4.98 Å². The molecule has 0 aliphatic rings. The molecule has 0 bridgehead atoms. The van der Waals surface area contributed by atoms with Crippen LogP contribution < -0.4 is 0 Å². The summed E-state index contributed by atoms with van der Waals surface area (Å²) in [6.45, 7) is 0. The maximum Gasteiger partial charge on any atom is 0.328 e. The van der Waals surface area contributed by atoms with Gasteiger partial charge in [-0.1, -0.05) is 36.0 Å². The Morgan fingerprint density at radius 1 is 1.47 bits per heavy atom. The van der Waals surface area contributed by atoms with Crippen molar-refractivity contribution in [1.82, 2.24) is 9.55 Å². The summed E-state index contributed by atoms with van der Waals surface area (Å²) in [5.74, 6) is -0.183. The van der Waals surface area contributed by atoms with Crippen LogP contribution in [-0.4, -0.2) is 20.6 Å². The molecule has 1 N–H and O–H groups in total. The summed E-state index contributed by atoms with van der Waals surface area (Å²) < 4.78 is 1.96. The summed E-state index contributed by atoms with van der Waals surface area (Å²) in [5, 5.41) is 9.62. The highest BCUT2D eigenvalue weighted by molar-refractivity contribution is 7.98. The van der Waals surface area contributed by atoms with E-state index in [4.69, 9.17) is 5.11 Å². The van der Waals surface area contributed by atoms with Crippen LogP contribution in [0.25, 0.3) is 6.08 Å². The predicted molar refractivity (Wildman–Crippen MR) is 75.9 cm³/mol. The predicted octanol–water partition coefficient (Wildman–Crippen LogP) is 2.81. The first-order chi connectivity index (χ1) is 9.16. The molecule has 98 valence electrons. The van der Waals surface area contributed by atoms with Crippen molar-refractivity contribution < 1.29 is 9.90 Å². The highest BCUT2D eigenvalue weighted by atomic mass is 32.2. The van der Waals surface area contributed by atoms with Gasteiger partial charge in [0.15, 0.2) is 5.16 Å². The van der Waals surface area contributed by atoms with E-state index in [1.807, 2.05) is 42.1 Å². The van der Waals surface area contributed by atoms with Gasteiger partial charge in [0.25, 0.3) is 0 Å². The van der Waals surface area contributed by atoms with Crippen molar-refractivity contribution in [3.8, 4) is 0 Å². The second-order valence-corrected chi connectivity index (χ2v) is 4.92. The lowest BCUT2D eigenvalue weighted by atomic mass is 10.1. The van der Waals surface area contributed by atoms with Crippen LogP contribution >= 0.6 is 11.8 Å². The van der Waals surface area contributed by atoms with Crippen LogP contribution in [0.15, 0.2) is 47.9 Å². The maximum atomic E-state index is 10.6. The van der Waals surface area contributed by atoms with Gasteiger partial charge in [0.1, 0.15) is 0 Å². The van der Waals surface area contributed by atoms with Crippen LogP contribution in [0.3, 0.4) is 0 Å². The van der Waals surface area contributed by atoms with E-state index < -0.39 is 5.97 Å². The van der Waals surface area contributed by atoms with Gasteiger partial charge in [0.05, 0.1) is 0 Å². The fraction of sp³-hybridized carbons (Fsp3) is 0.143. The van der Waals surface area contributed by atoms with Crippen molar-refractivity contribution in [2.75, 3.05) is 0 Å². The summed E-state index contributed by atoms with van der Waals surface area (Å²) in [5.41, 5.74) is 2.01. The highest BCUT2D eigenvalue weighted by Gasteiger charge is 2.04. The van der Waals surface area contributed by atoms with E-state index in [9.17, 15) is 4.79 Å². The Morgan fingerprint density at radius 2 is 2.26 bits per heavy atom. The molecule has 0 fully saturated rings. The average Bonchev–Trinajstić information content (AvgIpc) is 2.80. The standard InChI is InChI=1S/C14H14N2O2S/c1-16-9-8-15-14(16)19-10-12-5-3-2-4-11(12)6-7-13(17)18/h2-9H,10H2,1H3,(H,17,18)/b7-6+. The van der Waals surface area contributed by atoms with Gasteiger partial charge in [0, 0.05) is 31.3 Å². The smallest absolute Gasteiger partial charge is 0.328 e. The third-order valence-electron chi connectivity index (χ3n) is 2.59. The summed E-state index contributed by atoms with van der Waals surface area (Å²) in [4.78, 5) is 14.8. The third kappa shape index (κ3) is 3.72. The zero-order valence-electron chi connectivity index (χ0n) is 10.5. The number of carboxylic acids is 1. The van der Waals surface area contributed by atoms with Gasteiger partial charge in [-0.25, -0.2) is 9.78 Å². The number of benzene rings is 1. The summed E-state index contributed by atoms with van der Waals surface area (Å²) >= 11 is 1.63. The largest absolute Gasteiger partial charge is 0.478 e. The number of carboxylic acid groups (broad SMARTS) is 1. The normalized spacial score (nSPS) is 11.0. The van der Waals surface area contributed by atoms with Crippen LogP contribution in [0.2, 0.25) is 0 Å². The van der Waals surface area contributed by atoms with Crippen LogP contribution in [0, 0.1) is 0 Å². The fourth-order valence-electron chi connectivity index (χ4n) is 1.62. The van der Waals surface area contributed by atoms with Crippen molar-refractivity contribution in [3.63, 3.8) is 0 Å². The molecule has 1 heterocycles. The lowest BCUT2D eigenvalue weighted by Gasteiger charge is -2.05. The topological polar surface area (TPSA) is 55.1 Å². The highest BCUT2D eigenvalue weighted by Crippen LogP contribution is 2.23. The lowest BCUT2D eigenvalue weighted by Crippen LogP contribution is -1.92. The number of aryl methyl sites for hydroxylation is 1. The van der Waals surface area contributed by atoms with Crippen molar-refractivity contribution in [3.05, 3.63) is 53.9 Å². The first kappa shape index (κ1) is 13.4. The Balaban J connectivity index is 2.12. The van der Waals surface area contributed by atoms with Crippen LogP contribution in [0.5, 0.6) is 0 Å². The van der Waals surface area contributed by atoms with Crippen molar-refractivity contribution in [1.29, 1.82) is 0 Å². The quantitative estimate of drug-likeness (QED) is 0.673. The van der Waals surface area contributed by atoms with Crippen LogP contribution in [-0.2, 0) is 17.6 Å². The van der Waals surface area contributed by atoms with Gasteiger partial charge in [-0.05, 0) is 17.2 Å². The Kier molecular flexibility index (Phi) is 4.41. The molecule has 1 aromatic heterocycles. The first-order valence-corrected chi connectivity index (χ1v) is 6.74. The molecule has 0 radical (unpaired) electrons. The fourth-order valence-corrected chi connectivity index (χ4v) is 2.57. The van der Waals surface area contributed by atoms with Crippen molar-refractivity contribution in [2.24, 2.45) is 7.05 Å². The van der Waals surface area contributed by atoms with Gasteiger partial charge in [-0.2, -0.15) is 0 Å². The average molecular weight is 274 g/mol. The zero-order valence-corrected chi connectivity index (χ0v) is 11.3. The minimum Gasteiger partial charge on any atom is -0.478 e. The summed E-state index contributed by atoms with van der Waals surface area (Å²) in [7, 11) is 1.95. The molecular weight excluding hydrogens is 260 g/mol. The number of hydrogen-bond acceptors (Lipinski definition) is 3. The Hall–Kier alpha value is -2.01. The van der Waals surface area contributed by atoms with Gasteiger partial charge in [-0.15, -0.1) is 0 Å².